The van der Waals surface area contributed by atoms with Crippen LogP contribution in [0, 0.1) is 0 Å². The molecule has 0 radical (unpaired) electrons. The summed E-state index contributed by atoms with van der Waals surface area (Å²) in [7, 11) is 0. The average molecular weight is 253 g/mol. The summed E-state index contributed by atoms with van der Waals surface area (Å²) < 4.78 is 1.09. The lowest BCUT2D eigenvalue weighted by Crippen LogP contribution is -2.28. The quantitative estimate of drug-likeness (QED) is 0.805. The van der Waals surface area contributed by atoms with Crippen molar-refractivity contribution in [2.24, 2.45) is 5.73 Å². The molecule has 1 aromatic carbocycles. The van der Waals surface area contributed by atoms with Gasteiger partial charge in [0, 0.05) is 27.1 Å². The Morgan fingerprint density at radius 3 is 2.71 bits per heavy atom. The highest BCUT2D eigenvalue weighted by molar-refractivity contribution is 9.10. The molecule has 74 valence electrons. The third-order valence-electron chi connectivity index (χ3n) is 2.38. The van der Waals surface area contributed by atoms with E-state index in [0.717, 1.165) is 15.6 Å². The molecule has 0 spiro atoms. The molecular formula is C11H13BrN2. The zero-order valence-corrected chi connectivity index (χ0v) is 9.85. The van der Waals surface area contributed by atoms with Crippen molar-refractivity contribution in [1.82, 2.24) is 4.98 Å². The third kappa shape index (κ3) is 1.57. The van der Waals surface area contributed by atoms with Gasteiger partial charge in [-0.3, -0.25) is 0 Å². The number of rotatable bonds is 1. The van der Waals surface area contributed by atoms with Gasteiger partial charge < -0.3 is 10.7 Å². The summed E-state index contributed by atoms with van der Waals surface area (Å²) in [5, 5.41) is 1.19. The topological polar surface area (TPSA) is 41.8 Å². The number of hydrogen-bond donors (Lipinski definition) is 2. The van der Waals surface area contributed by atoms with Crippen LogP contribution < -0.4 is 5.73 Å². The van der Waals surface area contributed by atoms with Crippen LogP contribution in [0.1, 0.15) is 19.4 Å². The van der Waals surface area contributed by atoms with Gasteiger partial charge in [-0.15, -0.1) is 0 Å². The van der Waals surface area contributed by atoms with Gasteiger partial charge in [0.25, 0.3) is 0 Å². The van der Waals surface area contributed by atoms with Crippen LogP contribution in [0.25, 0.3) is 10.9 Å². The Hall–Kier alpha value is -0.800. The number of aromatic amines is 1. The number of H-pyrrole nitrogens is 1. The number of aromatic nitrogens is 1. The van der Waals surface area contributed by atoms with Crippen molar-refractivity contribution in [2.75, 3.05) is 0 Å². The van der Waals surface area contributed by atoms with Crippen LogP contribution in [-0.2, 0) is 5.54 Å². The number of hydrogen-bond acceptors (Lipinski definition) is 1. The molecule has 1 aromatic heterocycles. The maximum Gasteiger partial charge on any atom is 0.0469 e. The van der Waals surface area contributed by atoms with Crippen LogP contribution in [0.4, 0.5) is 0 Å². The van der Waals surface area contributed by atoms with Crippen LogP contribution in [0.15, 0.2) is 28.9 Å². The molecule has 0 atom stereocenters. The minimum absolute atomic E-state index is 0.286. The number of nitrogens with two attached hydrogens (primary N) is 1. The van der Waals surface area contributed by atoms with Crippen molar-refractivity contribution >= 4 is 26.8 Å². The molecule has 2 nitrogen and oxygen atoms in total. The molecule has 0 aliphatic rings. The molecule has 0 bridgehead atoms. The van der Waals surface area contributed by atoms with Crippen LogP contribution in [0.3, 0.4) is 0 Å². The fourth-order valence-electron chi connectivity index (χ4n) is 1.49. The summed E-state index contributed by atoms with van der Waals surface area (Å²) in [4.78, 5) is 3.20. The second kappa shape index (κ2) is 3.11. The van der Waals surface area contributed by atoms with E-state index in [1.54, 1.807) is 0 Å². The van der Waals surface area contributed by atoms with E-state index in [9.17, 15) is 0 Å². The molecule has 0 unspecified atom stereocenters. The van der Waals surface area contributed by atoms with Gasteiger partial charge in [-0.05, 0) is 41.4 Å². The van der Waals surface area contributed by atoms with Crippen molar-refractivity contribution in [3.8, 4) is 0 Å². The van der Waals surface area contributed by atoms with Crippen molar-refractivity contribution in [1.29, 1.82) is 0 Å². The molecule has 2 rings (SSSR count). The summed E-state index contributed by atoms with van der Waals surface area (Å²) in [6, 6.07) is 6.25. The second-order valence-electron chi connectivity index (χ2n) is 4.12. The highest BCUT2D eigenvalue weighted by atomic mass is 79.9. The van der Waals surface area contributed by atoms with E-state index in [1.807, 2.05) is 20.0 Å². The van der Waals surface area contributed by atoms with E-state index in [1.165, 1.54) is 5.39 Å². The van der Waals surface area contributed by atoms with Crippen molar-refractivity contribution < 1.29 is 0 Å². The number of benzene rings is 1. The summed E-state index contributed by atoms with van der Waals surface area (Å²) in [6.07, 6.45) is 1.94. The van der Waals surface area contributed by atoms with Crippen LogP contribution in [0.5, 0.6) is 0 Å². The number of nitrogens with one attached hydrogen (secondary N) is 1. The predicted molar refractivity (Wildman–Crippen MR) is 63.2 cm³/mol. The molecule has 3 N–H and O–H groups in total. The van der Waals surface area contributed by atoms with E-state index >= 15 is 0 Å². The zero-order valence-electron chi connectivity index (χ0n) is 8.26. The molecule has 0 saturated heterocycles. The van der Waals surface area contributed by atoms with Crippen molar-refractivity contribution in [2.45, 2.75) is 19.4 Å². The minimum atomic E-state index is -0.286. The first-order valence-electron chi connectivity index (χ1n) is 4.54. The highest BCUT2D eigenvalue weighted by Gasteiger charge is 2.14. The van der Waals surface area contributed by atoms with Crippen LogP contribution in [0.2, 0.25) is 0 Å². The van der Waals surface area contributed by atoms with Gasteiger partial charge in [-0.25, -0.2) is 0 Å². The Kier molecular flexibility index (Phi) is 2.16. The lowest BCUT2D eigenvalue weighted by atomic mass is 9.95. The normalized spacial score (nSPS) is 12.3. The monoisotopic (exact) mass is 252 g/mol. The molecule has 0 amide bonds. The van der Waals surface area contributed by atoms with Gasteiger partial charge >= 0.3 is 0 Å². The standard InChI is InChI=1S/C11H13BrN2/c1-11(2,13)7-3-4-8-9(12)6-14-10(8)5-7/h3-6,14H,13H2,1-2H3. The average Bonchev–Trinajstić information content (AvgIpc) is 2.46. The summed E-state index contributed by atoms with van der Waals surface area (Å²) >= 11 is 3.48. The lowest BCUT2D eigenvalue weighted by Gasteiger charge is -2.18. The number of halogens is 1. The SMILES string of the molecule is CC(C)(N)c1ccc2c(Br)c[nH]c2c1. The predicted octanol–water partition coefficient (Wildman–Crippen LogP) is 3.12. The van der Waals surface area contributed by atoms with Crippen LogP contribution >= 0.6 is 15.9 Å². The van der Waals surface area contributed by atoms with Crippen molar-refractivity contribution in [3.05, 3.63) is 34.4 Å². The van der Waals surface area contributed by atoms with E-state index in [4.69, 9.17) is 5.73 Å². The minimum Gasteiger partial charge on any atom is -0.360 e. The van der Waals surface area contributed by atoms with E-state index in [-0.39, 0.29) is 5.54 Å². The summed E-state index contributed by atoms with van der Waals surface area (Å²) in [5.74, 6) is 0. The van der Waals surface area contributed by atoms with E-state index in [0.29, 0.717) is 0 Å². The molecule has 3 heteroatoms. The highest BCUT2D eigenvalue weighted by Crippen LogP contribution is 2.27. The Bertz CT molecular complexity index is 466. The first-order chi connectivity index (χ1) is 6.48. The Labute approximate surface area is 91.6 Å². The molecule has 0 saturated carbocycles. The Morgan fingerprint density at radius 2 is 2.07 bits per heavy atom. The molecule has 1 heterocycles. The maximum absolute atomic E-state index is 6.03. The zero-order chi connectivity index (χ0) is 10.3. The molecular weight excluding hydrogens is 240 g/mol. The van der Waals surface area contributed by atoms with E-state index < -0.39 is 0 Å². The molecule has 14 heavy (non-hydrogen) atoms. The van der Waals surface area contributed by atoms with Gasteiger partial charge in [-0.2, -0.15) is 0 Å². The summed E-state index contributed by atoms with van der Waals surface area (Å²) in [5.41, 5.74) is 8.00. The van der Waals surface area contributed by atoms with Gasteiger partial charge in [0.1, 0.15) is 0 Å². The first-order valence-corrected chi connectivity index (χ1v) is 5.34. The van der Waals surface area contributed by atoms with Gasteiger partial charge in [-0.1, -0.05) is 12.1 Å². The van der Waals surface area contributed by atoms with Crippen molar-refractivity contribution in [3.63, 3.8) is 0 Å². The molecule has 0 aliphatic carbocycles. The van der Waals surface area contributed by atoms with Gasteiger partial charge in [0.2, 0.25) is 0 Å². The molecule has 2 aromatic rings. The first kappa shape index (κ1) is 9.74. The second-order valence-corrected chi connectivity index (χ2v) is 4.97. The smallest absolute Gasteiger partial charge is 0.0469 e. The van der Waals surface area contributed by atoms with E-state index in [2.05, 4.69) is 39.1 Å². The number of fused-ring (bicyclic) bond motifs is 1. The largest absolute Gasteiger partial charge is 0.360 e. The maximum atomic E-state index is 6.03. The lowest BCUT2D eigenvalue weighted by molar-refractivity contribution is 0.555. The Morgan fingerprint density at radius 1 is 1.36 bits per heavy atom. The molecule has 0 aliphatic heterocycles. The van der Waals surface area contributed by atoms with Gasteiger partial charge in [0.05, 0.1) is 0 Å². The molecule has 0 fully saturated rings. The van der Waals surface area contributed by atoms with Gasteiger partial charge in [0.15, 0.2) is 0 Å². The third-order valence-corrected chi connectivity index (χ3v) is 3.03. The van der Waals surface area contributed by atoms with Crippen LogP contribution in [-0.4, -0.2) is 4.98 Å². The fourth-order valence-corrected chi connectivity index (χ4v) is 1.95. The summed E-state index contributed by atoms with van der Waals surface area (Å²) in [6.45, 7) is 4.01. The fraction of sp³-hybridized carbons (Fsp3) is 0.273. The Balaban J connectivity index is 2.63.